The first kappa shape index (κ1) is 24.7. The molecule has 0 bridgehead atoms. The van der Waals surface area contributed by atoms with Gasteiger partial charge in [-0.2, -0.15) is 0 Å². The Morgan fingerprint density at radius 1 is 1.09 bits per heavy atom. The fourth-order valence-corrected chi connectivity index (χ4v) is 4.63. The Kier molecular flexibility index (Phi) is 7.65. The number of aromatic nitrogens is 2. The highest BCUT2D eigenvalue weighted by atomic mass is 16.5. The highest BCUT2D eigenvalue weighted by Gasteiger charge is 2.25. The van der Waals surface area contributed by atoms with Crippen LogP contribution in [0.3, 0.4) is 0 Å². The summed E-state index contributed by atoms with van der Waals surface area (Å²) < 4.78 is 5.54. The van der Waals surface area contributed by atoms with Crippen molar-refractivity contribution in [3.63, 3.8) is 0 Å². The van der Waals surface area contributed by atoms with E-state index in [0.29, 0.717) is 11.8 Å². The van der Waals surface area contributed by atoms with E-state index in [0.717, 1.165) is 40.1 Å². The summed E-state index contributed by atoms with van der Waals surface area (Å²) in [5, 5.41) is 0. The molecule has 3 heteroatoms. The molecule has 1 unspecified atom stereocenters. The molecule has 1 fully saturated rings. The summed E-state index contributed by atoms with van der Waals surface area (Å²) in [6, 6.07) is 17.3. The van der Waals surface area contributed by atoms with E-state index in [9.17, 15) is 0 Å². The van der Waals surface area contributed by atoms with Gasteiger partial charge in [0.05, 0.1) is 12.8 Å². The summed E-state index contributed by atoms with van der Waals surface area (Å²) in [5.74, 6) is 1.87. The normalized spacial score (nSPS) is 15.4. The largest absolute Gasteiger partial charge is 0.501 e. The van der Waals surface area contributed by atoms with Gasteiger partial charge >= 0.3 is 0 Å². The van der Waals surface area contributed by atoms with Crippen molar-refractivity contribution in [1.29, 1.82) is 0 Å². The van der Waals surface area contributed by atoms with E-state index in [1.807, 2.05) is 26.2 Å². The monoisotopic (exact) mass is 464 g/mol. The van der Waals surface area contributed by atoms with Crippen molar-refractivity contribution < 1.29 is 4.74 Å². The van der Waals surface area contributed by atoms with Crippen LogP contribution >= 0.6 is 0 Å². The number of aryl methyl sites for hydroxylation is 1. The molecule has 3 nitrogen and oxygen atoms in total. The number of methoxy groups -OCH3 is 1. The highest BCUT2D eigenvalue weighted by molar-refractivity contribution is 5.83. The Labute approximate surface area is 210 Å². The lowest BCUT2D eigenvalue weighted by Crippen LogP contribution is -2.02. The number of pyridine rings is 2. The summed E-state index contributed by atoms with van der Waals surface area (Å²) in [7, 11) is 1.70. The lowest BCUT2D eigenvalue weighted by molar-refractivity contribution is 0.296. The van der Waals surface area contributed by atoms with Crippen molar-refractivity contribution in [1.82, 2.24) is 9.97 Å². The molecule has 1 aliphatic carbocycles. The minimum absolute atomic E-state index is 0.415. The summed E-state index contributed by atoms with van der Waals surface area (Å²) in [6.45, 7) is 12.6. The van der Waals surface area contributed by atoms with Crippen LogP contribution in [0.4, 0.5) is 0 Å². The van der Waals surface area contributed by atoms with Crippen LogP contribution in [0, 0.1) is 6.92 Å². The summed E-state index contributed by atoms with van der Waals surface area (Å²) in [5.41, 5.74) is 10.1. The molecular formula is C32H36N2O. The zero-order valence-electron chi connectivity index (χ0n) is 21.6. The van der Waals surface area contributed by atoms with E-state index in [-0.39, 0.29) is 0 Å². The maximum atomic E-state index is 5.54. The Balaban J connectivity index is 1.76. The molecule has 2 heterocycles. The van der Waals surface area contributed by atoms with Crippen LogP contribution in [-0.2, 0) is 4.74 Å². The Bertz CT molecular complexity index is 1270. The smallest absolute Gasteiger partial charge is 0.101 e. The maximum absolute atomic E-state index is 5.54. The molecule has 3 aromatic rings. The SMILES string of the molecule is C=C(C)/C(=C(/C)OC)c1cnc(/C(=C\CC(C)c2ccccc2)c2ccnc(C3CC3)c2)c(C)c1. The first-order chi connectivity index (χ1) is 16.9. The summed E-state index contributed by atoms with van der Waals surface area (Å²) in [4.78, 5) is 9.65. The van der Waals surface area contributed by atoms with E-state index < -0.39 is 0 Å². The zero-order valence-corrected chi connectivity index (χ0v) is 21.6. The van der Waals surface area contributed by atoms with E-state index in [1.165, 1.54) is 35.2 Å². The van der Waals surface area contributed by atoms with Gasteiger partial charge in [0.1, 0.15) is 5.76 Å². The van der Waals surface area contributed by atoms with Gasteiger partial charge in [-0.05, 0) is 86.4 Å². The van der Waals surface area contributed by atoms with Gasteiger partial charge in [0.2, 0.25) is 0 Å². The number of hydrogen-bond acceptors (Lipinski definition) is 3. The van der Waals surface area contributed by atoms with Crippen molar-refractivity contribution >= 4 is 11.1 Å². The fourth-order valence-electron chi connectivity index (χ4n) is 4.63. The molecule has 0 radical (unpaired) electrons. The molecule has 35 heavy (non-hydrogen) atoms. The number of benzene rings is 1. The minimum atomic E-state index is 0.415. The third kappa shape index (κ3) is 5.79. The van der Waals surface area contributed by atoms with Gasteiger partial charge < -0.3 is 4.74 Å². The Hall–Kier alpha value is -3.46. The van der Waals surface area contributed by atoms with Crippen molar-refractivity contribution in [2.24, 2.45) is 0 Å². The molecule has 2 aromatic heterocycles. The molecule has 1 atom stereocenters. The van der Waals surface area contributed by atoms with Gasteiger partial charge in [-0.25, -0.2) is 0 Å². The second-order valence-corrected chi connectivity index (χ2v) is 9.71. The Morgan fingerprint density at radius 2 is 1.83 bits per heavy atom. The molecule has 0 saturated heterocycles. The van der Waals surface area contributed by atoms with Crippen LogP contribution in [0.1, 0.15) is 85.5 Å². The number of nitrogens with zero attached hydrogens (tertiary/aromatic N) is 2. The van der Waals surface area contributed by atoms with Gasteiger partial charge in [0.15, 0.2) is 0 Å². The third-order valence-corrected chi connectivity index (χ3v) is 6.84. The molecule has 4 rings (SSSR count). The first-order valence-corrected chi connectivity index (χ1v) is 12.5. The fraction of sp³-hybridized carbons (Fsp3) is 0.312. The predicted molar refractivity (Wildman–Crippen MR) is 146 cm³/mol. The van der Waals surface area contributed by atoms with Crippen LogP contribution in [-0.4, -0.2) is 17.1 Å². The van der Waals surface area contributed by atoms with Gasteiger partial charge in [-0.15, -0.1) is 0 Å². The molecule has 180 valence electrons. The Morgan fingerprint density at radius 3 is 2.46 bits per heavy atom. The molecule has 1 aromatic carbocycles. The first-order valence-electron chi connectivity index (χ1n) is 12.5. The van der Waals surface area contributed by atoms with Crippen molar-refractivity contribution in [3.8, 4) is 0 Å². The van der Waals surface area contributed by atoms with Crippen molar-refractivity contribution in [2.45, 2.75) is 58.8 Å². The van der Waals surface area contributed by atoms with Crippen molar-refractivity contribution in [2.75, 3.05) is 7.11 Å². The number of ether oxygens (including phenoxy) is 1. The molecule has 1 aliphatic rings. The van der Waals surface area contributed by atoms with E-state index in [1.54, 1.807) is 7.11 Å². The van der Waals surface area contributed by atoms with E-state index in [2.05, 4.69) is 80.0 Å². The van der Waals surface area contributed by atoms with Gasteiger partial charge in [-0.1, -0.05) is 49.9 Å². The molecule has 0 N–H and O–H groups in total. The maximum Gasteiger partial charge on any atom is 0.101 e. The van der Waals surface area contributed by atoms with Crippen LogP contribution in [0.5, 0.6) is 0 Å². The second kappa shape index (κ2) is 10.9. The van der Waals surface area contributed by atoms with Crippen LogP contribution in [0.2, 0.25) is 0 Å². The minimum Gasteiger partial charge on any atom is -0.501 e. The van der Waals surface area contributed by atoms with Crippen LogP contribution in [0.25, 0.3) is 11.1 Å². The average molecular weight is 465 g/mol. The van der Waals surface area contributed by atoms with Gasteiger partial charge in [0.25, 0.3) is 0 Å². The number of rotatable bonds is 9. The third-order valence-electron chi connectivity index (χ3n) is 6.84. The lowest BCUT2D eigenvalue weighted by Gasteiger charge is -2.17. The average Bonchev–Trinajstić information content (AvgIpc) is 3.71. The molecule has 0 amide bonds. The summed E-state index contributed by atoms with van der Waals surface area (Å²) in [6.07, 6.45) is 9.66. The lowest BCUT2D eigenvalue weighted by atomic mass is 9.91. The second-order valence-electron chi connectivity index (χ2n) is 9.71. The molecule has 0 spiro atoms. The van der Waals surface area contributed by atoms with Crippen molar-refractivity contribution in [3.05, 3.63) is 119 Å². The highest BCUT2D eigenvalue weighted by Crippen LogP contribution is 2.40. The predicted octanol–water partition coefficient (Wildman–Crippen LogP) is 8.24. The molecule has 1 saturated carbocycles. The van der Waals surface area contributed by atoms with Gasteiger partial charge in [-0.3, -0.25) is 9.97 Å². The number of hydrogen-bond donors (Lipinski definition) is 0. The summed E-state index contributed by atoms with van der Waals surface area (Å²) >= 11 is 0. The molecule has 0 aliphatic heterocycles. The van der Waals surface area contributed by atoms with E-state index in [4.69, 9.17) is 9.72 Å². The quantitative estimate of drug-likeness (QED) is 0.236. The van der Waals surface area contributed by atoms with Crippen LogP contribution in [0.15, 0.2) is 84.9 Å². The van der Waals surface area contributed by atoms with E-state index >= 15 is 0 Å². The molecular weight excluding hydrogens is 428 g/mol. The topological polar surface area (TPSA) is 35.0 Å². The standard InChI is InChI=1S/C32H36N2O/c1-21(2)31(24(5)35-6)28-18-23(4)32(34-20-28)29(15-12-22(3)25-10-8-7-9-11-25)27-16-17-33-30(19-27)26-13-14-26/h7-11,15-20,22,26H,1,12-14H2,2-6H3/b29-15-,31-24+. The number of allylic oxidation sites excluding steroid dienone is 4. The van der Waals surface area contributed by atoms with Gasteiger partial charge in [0, 0.05) is 40.7 Å². The van der Waals surface area contributed by atoms with Crippen LogP contribution < -0.4 is 0 Å². The zero-order chi connectivity index (χ0) is 24.9.